The minimum atomic E-state index is -3.42. The Morgan fingerprint density at radius 1 is 1.43 bits per heavy atom. The molecule has 0 spiro atoms. The maximum Gasteiger partial charge on any atom is 0.244 e. The van der Waals surface area contributed by atoms with Crippen LogP contribution in [0.5, 0.6) is 0 Å². The van der Waals surface area contributed by atoms with E-state index in [2.05, 4.69) is 42.0 Å². The number of rotatable bonds is 9. The van der Waals surface area contributed by atoms with Gasteiger partial charge >= 0.3 is 0 Å². The van der Waals surface area contributed by atoms with Gasteiger partial charge in [0.05, 0.1) is 3.79 Å². The molecular weight excluding hydrogens is 372 g/mol. The predicted molar refractivity (Wildman–Crippen MR) is 93.3 cm³/mol. The first-order chi connectivity index (χ1) is 9.82. The lowest BCUT2D eigenvalue weighted by Crippen LogP contribution is -2.31. The lowest BCUT2D eigenvalue weighted by atomic mass is 10.1. The highest BCUT2D eigenvalue weighted by molar-refractivity contribution is 9.11. The molecule has 1 heterocycles. The van der Waals surface area contributed by atoms with Crippen LogP contribution in [-0.4, -0.2) is 32.9 Å². The molecule has 0 radical (unpaired) electrons. The van der Waals surface area contributed by atoms with Crippen molar-refractivity contribution in [1.82, 2.24) is 9.62 Å². The molecule has 1 aromatic rings. The van der Waals surface area contributed by atoms with E-state index in [9.17, 15) is 8.42 Å². The van der Waals surface area contributed by atoms with Gasteiger partial charge in [-0.25, -0.2) is 12.7 Å². The number of thiophene rings is 1. The third-order valence-electron chi connectivity index (χ3n) is 3.39. The fourth-order valence-corrected chi connectivity index (χ4v) is 5.77. The summed E-state index contributed by atoms with van der Waals surface area (Å²) in [5.41, 5.74) is 0. The molecule has 0 aliphatic carbocycles. The van der Waals surface area contributed by atoms with Gasteiger partial charge in [-0.05, 0) is 40.9 Å². The summed E-state index contributed by atoms with van der Waals surface area (Å²) < 4.78 is 27.4. The van der Waals surface area contributed by atoms with Crippen LogP contribution in [0.15, 0.2) is 14.7 Å². The third-order valence-corrected chi connectivity index (χ3v) is 7.46. The zero-order valence-corrected chi connectivity index (χ0v) is 16.4. The second kappa shape index (κ2) is 8.62. The number of hydrogen-bond donors (Lipinski definition) is 1. The second-order valence-corrected chi connectivity index (χ2v) is 9.79. The Morgan fingerprint density at radius 2 is 2.10 bits per heavy atom. The predicted octanol–water partition coefficient (Wildman–Crippen LogP) is 3.68. The number of sulfonamides is 1. The summed E-state index contributed by atoms with van der Waals surface area (Å²) in [7, 11) is -1.76. The van der Waals surface area contributed by atoms with Crippen LogP contribution in [0.25, 0.3) is 0 Å². The Labute approximate surface area is 141 Å². The maximum absolute atomic E-state index is 12.6. The van der Waals surface area contributed by atoms with E-state index in [0.29, 0.717) is 27.7 Å². The highest BCUT2D eigenvalue weighted by Gasteiger charge is 2.26. The normalized spacial score (nSPS) is 13.8. The lowest BCUT2D eigenvalue weighted by molar-refractivity contribution is 0.393. The summed E-state index contributed by atoms with van der Waals surface area (Å²) >= 11 is 4.88. The number of hydrogen-bond acceptors (Lipinski definition) is 4. The highest BCUT2D eigenvalue weighted by Crippen LogP contribution is 2.33. The minimum Gasteiger partial charge on any atom is -0.312 e. The van der Waals surface area contributed by atoms with Gasteiger partial charge in [0.25, 0.3) is 0 Å². The van der Waals surface area contributed by atoms with Gasteiger partial charge < -0.3 is 5.32 Å². The number of nitrogens with one attached hydrogen (secondary N) is 1. The summed E-state index contributed by atoms with van der Waals surface area (Å²) in [5.74, 6) is 0.355. The van der Waals surface area contributed by atoms with Crippen LogP contribution >= 0.6 is 27.3 Å². The van der Waals surface area contributed by atoms with E-state index in [-0.39, 0.29) is 0 Å². The molecule has 1 atom stereocenters. The first-order valence-corrected chi connectivity index (χ1v) is 10.3. The van der Waals surface area contributed by atoms with Crippen LogP contribution in [0.3, 0.4) is 0 Å². The molecular formula is C14H25BrN2O2S2. The maximum atomic E-state index is 12.6. The standard InChI is InChI=1S/C14H25BrN2O2S2/c1-5-7-16-9-12-8-13(14(15)20-12)21(18,19)17(4)10-11(3)6-2/h8,11,16H,5-7,9-10H2,1-4H3. The van der Waals surface area contributed by atoms with Crippen LogP contribution in [-0.2, 0) is 16.6 Å². The molecule has 7 heteroatoms. The van der Waals surface area contributed by atoms with Crippen molar-refractivity contribution in [3.8, 4) is 0 Å². The molecule has 1 N–H and O–H groups in total. The monoisotopic (exact) mass is 396 g/mol. The number of nitrogens with zero attached hydrogens (tertiary/aromatic N) is 1. The third kappa shape index (κ3) is 5.32. The van der Waals surface area contributed by atoms with Gasteiger partial charge in [0.15, 0.2) is 0 Å². The molecule has 122 valence electrons. The second-order valence-electron chi connectivity index (χ2n) is 5.33. The molecule has 0 bridgehead atoms. The van der Waals surface area contributed by atoms with Crippen molar-refractivity contribution in [2.45, 2.75) is 45.1 Å². The van der Waals surface area contributed by atoms with E-state index in [1.807, 2.05) is 0 Å². The van der Waals surface area contributed by atoms with Crippen molar-refractivity contribution in [2.24, 2.45) is 5.92 Å². The van der Waals surface area contributed by atoms with Crippen molar-refractivity contribution in [1.29, 1.82) is 0 Å². The van der Waals surface area contributed by atoms with Gasteiger partial charge in [0, 0.05) is 25.0 Å². The van der Waals surface area contributed by atoms with Crippen LogP contribution in [0, 0.1) is 5.92 Å². The van der Waals surface area contributed by atoms with Gasteiger partial charge in [-0.3, -0.25) is 0 Å². The van der Waals surface area contributed by atoms with Crippen molar-refractivity contribution < 1.29 is 8.42 Å². The van der Waals surface area contributed by atoms with Crippen LogP contribution < -0.4 is 5.32 Å². The summed E-state index contributed by atoms with van der Waals surface area (Å²) in [6, 6.07) is 1.78. The number of halogens is 1. The van der Waals surface area contributed by atoms with Crippen molar-refractivity contribution >= 4 is 37.3 Å². The van der Waals surface area contributed by atoms with Crippen LogP contribution in [0.1, 0.15) is 38.5 Å². The zero-order chi connectivity index (χ0) is 16.0. The lowest BCUT2D eigenvalue weighted by Gasteiger charge is -2.20. The van der Waals surface area contributed by atoms with E-state index in [1.54, 1.807) is 13.1 Å². The average molecular weight is 397 g/mol. The minimum absolute atomic E-state index is 0.355. The average Bonchev–Trinajstić information content (AvgIpc) is 2.80. The summed E-state index contributed by atoms with van der Waals surface area (Å²) in [6.07, 6.45) is 2.03. The van der Waals surface area contributed by atoms with Gasteiger partial charge in [0.2, 0.25) is 10.0 Å². The topological polar surface area (TPSA) is 49.4 Å². The molecule has 0 fully saturated rings. The van der Waals surface area contributed by atoms with Crippen LogP contribution in [0.4, 0.5) is 0 Å². The smallest absolute Gasteiger partial charge is 0.244 e. The van der Waals surface area contributed by atoms with E-state index in [0.717, 1.165) is 24.3 Å². The summed E-state index contributed by atoms with van der Waals surface area (Å²) in [6.45, 7) is 8.44. The highest BCUT2D eigenvalue weighted by atomic mass is 79.9. The molecule has 1 unspecified atom stereocenters. The first kappa shape index (κ1) is 19.1. The SMILES string of the molecule is CCCNCc1cc(S(=O)(=O)N(C)CC(C)CC)c(Br)s1. The Bertz CT molecular complexity index is 543. The van der Waals surface area contributed by atoms with Crippen molar-refractivity contribution in [2.75, 3.05) is 20.1 Å². The Hall–Kier alpha value is 0.0500. The van der Waals surface area contributed by atoms with Crippen molar-refractivity contribution in [3.63, 3.8) is 0 Å². The Morgan fingerprint density at radius 3 is 2.67 bits per heavy atom. The summed E-state index contributed by atoms with van der Waals surface area (Å²) in [5, 5.41) is 3.30. The molecule has 21 heavy (non-hydrogen) atoms. The van der Waals surface area contributed by atoms with E-state index in [1.165, 1.54) is 15.6 Å². The molecule has 1 rings (SSSR count). The molecule has 4 nitrogen and oxygen atoms in total. The van der Waals surface area contributed by atoms with Gasteiger partial charge in [-0.2, -0.15) is 0 Å². The van der Waals surface area contributed by atoms with Gasteiger partial charge in [-0.1, -0.05) is 27.2 Å². The first-order valence-electron chi connectivity index (χ1n) is 7.28. The van der Waals surface area contributed by atoms with E-state index in [4.69, 9.17) is 0 Å². The van der Waals surface area contributed by atoms with Gasteiger partial charge in [-0.15, -0.1) is 11.3 Å². The van der Waals surface area contributed by atoms with Gasteiger partial charge in [0.1, 0.15) is 4.90 Å². The molecule has 0 amide bonds. The summed E-state index contributed by atoms with van der Waals surface area (Å²) in [4.78, 5) is 1.41. The molecule has 1 aromatic heterocycles. The molecule has 0 saturated carbocycles. The van der Waals surface area contributed by atoms with E-state index < -0.39 is 10.0 Å². The zero-order valence-electron chi connectivity index (χ0n) is 13.1. The Kier molecular flexibility index (Phi) is 7.84. The fraction of sp³-hybridized carbons (Fsp3) is 0.714. The molecule has 0 aromatic carbocycles. The Balaban J connectivity index is 2.87. The molecule has 0 saturated heterocycles. The largest absolute Gasteiger partial charge is 0.312 e. The molecule has 0 aliphatic rings. The fourth-order valence-electron chi connectivity index (χ4n) is 1.88. The van der Waals surface area contributed by atoms with Crippen molar-refractivity contribution in [3.05, 3.63) is 14.7 Å². The molecule has 0 aliphatic heterocycles. The van der Waals surface area contributed by atoms with Crippen LogP contribution in [0.2, 0.25) is 0 Å². The van der Waals surface area contributed by atoms with E-state index >= 15 is 0 Å². The quantitative estimate of drug-likeness (QED) is 0.647.